The summed E-state index contributed by atoms with van der Waals surface area (Å²) in [5.41, 5.74) is 8.02. The van der Waals surface area contributed by atoms with E-state index in [9.17, 15) is 0 Å². The molecule has 0 heterocycles. The van der Waals surface area contributed by atoms with E-state index < -0.39 is 0 Å². The second kappa shape index (κ2) is 7.98. The summed E-state index contributed by atoms with van der Waals surface area (Å²) in [6.07, 6.45) is 2.20. The molecule has 0 atom stereocenters. The summed E-state index contributed by atoms with van der Waals surface area (Å²) in [5.74, 6) is 1.32. The van der Waals surface area contributed by atoms with E-state index in [0.29, 0.717) is 12.5 Å². The van der Waals surface area contributed by atoms with Gasteiger partial charge in [-0.2, -0.15) is 0 Å². The molecule has 1 aromatic rings. The smallest absolute Gasteiger partial charge is 0.142 e. The van der Waals surface area contributed by atoms with E-state index in [0.717, 1.165) is 37.4 Å². The highest BCUT2D eigenvalue weighted by Gasteiger charge is 2.03. The number of nitrogens with one attached hydrogen (secondary N) is 1. The highest BCUT2D eigenvalue weighted by molar-refractivity contribution is 5.54. The van der Waals surface area contributed by atoms with Gasteiger partial charge in [0, 0.05) is 0 Å². The van der Waals surface area contributed by atoms with E-state index in [2.05, 4.69) is 32.2 Å². The number of nitrogen functional groups attached to an aromatic ring is 1. The van der Waals surface area contributed by atoms with Crippen LogP contribution in [-0.2, 0) is 6.42 Å². The number of rotatable bonds is 8. The van der Waals surface area contributed by atoms with Crippen molar-refractivity contribution in [3.63, 3.8) is 0 Å². The summed E-state index contributed by atoms with van der Waals surface area (Å²) in [6.45, 7) is 9.19. The maximum absolute atomic E-state index is 6.00. The SMILES string of the molecule is CCNCCCc1ccc(OCC(C)C)c(N)c1. The number of benzene rings is 1. The van der Waals surface area contributed by atoms with Gasteiger partial charge in [-0.25, -0.2) is 0 Å². The molecule has 0 radical (unpaired) electrons. The molecule has 0 saturated carbocycles. The second-order valence-corrected chi connectivity index (χ2v) is 5.03. The highest BCUT2D eigenvalue weighted by Crippen LogP contribution is 2.23. The Hall–Kier alpha value is -1.22. The molecule has 0 saturated heterocycles. The third-order valence-corrected chi connectivity index (χ3v) is 2.72. The minimum absolute atomic E-state index is 0.518. The van der Waals surface area contributed by atoms with E-state index >= 15 is 0 Å². The van der Waals surface area contributed by atoms with Gasteiger partial charge < -0.3 is 15.8 Å². The molecule has 0 aliphatic rings. The first kappa shape index (κ1) is 14.8. The number of anilines is 1. The summed E-state index contributed by atoms with van der Waals surface area (Å²) in [6, 6.07) is 6.12. The number of hydrogen-bond donors (Lipinski definition) is 2. The topological polar surface area (TPSA) is 47.3 Å². The van der Waals surface area contributed by atoms with Crippen molar-refractivity contribution in [2.24, 2.45) is 5.92 Å². The number of hydrogen-bond acceptors (Lipinski definition) is 3. The van der Waals surface area contributed by atoms with Crippen LogP contribution in [0.4, 0.5) is 5.69 Å². The lowest BCUT2D eigenvalue weighted by molar-refractivity contribution is 0.272. The Balaban J connectivity index is 2.46. The minimum atomic E-state index is 0.518. The standard InChI is InChI=1S/C15H26N2O/c1-4-17-9-5-6-13-7-8-15(14(16)10-13)18-11-12(2)3/h7-8,10,12,17H,4-6,9,11,16H2,1-3H3. The Morgan fingerprint density at radius 1 is 1.33 bits per heavy atom. The molecule has 0 spiro atoms. The molecular weight excluding hydrogens is 224 g/mol. The fourth-order valence-corrected chi connectivity index (χ4v) is 1.74. The fourth-order valence-electron chi connectivity index (χ4n) is 1.74. The summed E-state index contributed by atoms with van der Waals surface area (Å²) in [7, 11) is 0. The van der Waals surface area contributed by atoms with Crippen LogP contribution in [0.15, 0.2) is 18.2 Å². The molecule has 18 heavy (non-hydrogen) atoms. The third-order valence-electron chi connectivity index (χ3n) is 2.72. The predicted octanol–water partition coefficient (Wildman–Crippen LogP) is 2.85. The van der Waals surface area contributed by atoms with Crippen molar-refractivity contribution in [3.05, 3.63) is 23.8 Å². The average Bonchev–Trinajstić information content (AvgIpc) is 2.33. The Bertz CT molecular complexity index is 350. The summed E-state index contributed by atoms with van der Waals surface area (Å²) < 4.78 is 5.66. The molecule has 0 fully saturated rings. The maximum Gasteiger partial charge on any atom is 0.142 e. The van der Waals surface area contributed by atoms with Gasteiger partial charge >= 0.3 is 0 Å². The first-order valence-electron chi connectivity index (χ1n) is 6.85. The zero-order valence-electron chi connectivity index (χ0n) is 11.8. The van der Waals surface area contributed by atoms with Crippen LogP contribution >= 0.6 is 0 Å². The largest absolute Gasteiger partial charge is 0.491 e. The van der Waals surface area contributed by atoms with Crippen LogP contribution in [0.2, 0.25) is 0 Å². The van der Waals surface area contributed by atoms with Crippen molar-refractivity contribution in [1.82, 2.24) is 5.32 Å². The molecule has 3 nitrogen and oxygen atoms in total. The van der Waals surface area contributed by atoms with Gasteiger partial charge in [0.05, 0.1) is 12.3 Å². The van der Waals surface area contributed by atoms with E-state index in [-0.39, 0.29) is 0 Å². The molecule has 0 amide bonds. The summed E-state index contributed by atoms with van der Waals surface area (Å²) >= 11 is 0. The van der Waals surface area contributed by atoms with E-state index in [1.807, 2.05) is 12.1 Å². The Labute approximate surface area is 111 Å². The fraction of sp³-hybridized carbons (Fsp3) is 0.600. The Morgan fingerprint density at radius 3 is 2.72 bits per heavy atom. The number of nitrogens with two attached hydrogens (primary N) is 1. The van der Waals surface area contributed by atoms with Gasteiger partial charge in [-0.3, -0.25) is 0 Å². The molecule has 0 aliphatic carbocycles. The highest BCUT2D eigenvalue weighted by atomic mass is 16.5. The Kier molecular flexibility index (Phi) is 6.58. The van der Waals surface area contributed by atoms with Crippen LogP contribution in [0.1, 0.15) is 32.8 Å². The van der Waals surface area contributed by atoms with Gasteiger partial charge in [0.25, 0.3) is 0 Å². The van der Waals surface area contributed by atoms with Crippen molar-refractivity contribution in [3.8, 4) is 5.75 Å². The molecular formula is C15H26N2O. The van der Waals surface area contributed by atoms with Crippen molar-refractivity contribution in [2.75, 3.05) is 25.4 Å². The van der Waals surface area contributed by atoms with Gasteiger partial charge in [-0.1, -0.05) is 26.8 Å². The van der Waals surface area contributed by atoms with Gasteiger partial charge in [0.1, 0.15) is 5.75 Å². The third kappa shape index (κ3) is 5.41. The first-order valence-corrected chi connectivity index (χ1v) is 6.85. The van der Waals surface area contributed by atoms with Crippen molar-refractivity contribution < 1.29 is 4.74 Å². The molecule has 0 aliphatic heterocycles. The van der Waals surface area contributed by atoms with Gasteiger partial charge in [-0.05, 0) is 49.5 Å². The zero-order chi connectivity index (χ0) is 13.4. The van der Waals surface area contributed by atoms with E-state index in [1.54, 1.807) is 0 Å². The molecule has 3 heteroatoms. The summed E-state index contributed by atoms with van der Waals surface area (Å²) in [5, 5.41) is 3.32. The number of ether oxygens (including phenoxy) is 1. The molecule has 3 N–H and O–H groups in total. The molecule has 102 valence electrons. The second-order valence-electron chi connectivity index (χ2n) is 5.03. The lowest BCUT2D eigenvalue weighted by Gasteiger charge is -2.12. The average molecular weight is 250 g/mol. The van der Waals surface area contributed by atoms with Crippen LogP contribution in [0.5, 0.6) is 5.75 Å². The van der Waals surface area contributed by atoms with Crippen LogP contribution < -0.4 is 15.8 Å². The van der Waals surface area contributed by atoms with Crippen LogP contribution in [-0.4, -0.2) is 19.7 Å². The van der Waals surface area contributed by atoms with Crippen LogP contribution in [0, 0.1) is 5.92 Å². The molecule has 0 bridgehead atoms. The molecule has 1 aromatic carbocycles. The minimum Gasteiger partial charge on any atom is -0.491 e. The molecule has 1 rings (SSSR count). The van der Waals surface area contributed by atoms with Crippen molar-refractivity contribution in [2.45, 2.75) is 33.6 Å². The van der Waals surface area contributed by atoms with E-state index in [1.165, 1.54) is 5.56 Å². The molecule has 0 aromatic heterocycles. The van der Waals surface area contributed by atoms with E-state index in [4.69, 9.17) is 10.5 Å². The lowest BCUT2D eigenvalue weighted by atomic mass is 10.1. The van der Waals surface area contributed by atoms with Gasteiger partial charge in [0.2, 0.25) is 0 Å². The maximum atomic E-state index is 6.00. The molecule has 0 unspecified atom stereocenters. The van der Waals surface area contributed by atoms with Crippen molar-refractivity contribution >= 4 is 5.69 Å². The van der Waals surface area contributed by atoms with Crippen molar-refractivity contribution in [1.29, 1.82) is 0 Å². The quantitative estimate of drug-likeness (QED) is 0.551. The van der Waals surface area contributed by atoms with Crippen LogP contribution in [0.3, 0.4) is 0 Å². The normalized spacial score (nSPS) is 10.9. The first-order chi connectivity index (χ1) is 8.63. The predicted molar refractivity (Wildman–Crippen MR) is 78.1 cm³/mol. The van der Waals surface area contributed by atoms with Gasteiger partial charge in [0.15, 0.2) is 0 Å². The zero-order valence-corrected chi connectivity index (χ0v) is 11.8. The number of aryl methyl sites for hydroxylation is 1. The monoisotopic (exact) mass is 250 g/mol. The Morgan fingerprint density at radius 2 is 2.11 bits per heavy atom. The van der Waals surface area contributed by atoms with Gasteiger partial charge in [-0.15, -0.1) is 0 Å². The van der Waals surface area contributed by atoms with Crippen LogP contribution in [0.25, 0.3) is 0 Å². The summed E-state index contributed by atoms with van der Waals surface area (Å²) in [4.78, 5) is 0. The lowest BCUT2D eigenvalue weighted by Crippen LogP contribution is -2.14.